The van der Waals surface area contributed by atoms with Crippen molar-refractivity contribution >= 4 is 33.5 Å². The number of para-hydroxylation sites is 1. The Morgan fingerprint density at radius 1 is 0.750 bits per heavy atom. The van der Waals surface area contributed by atoms with Crippen molar-refractivity contribution in [2.24, 2.45) is 0 Å². The molecule has 0 atom stereocenters. The van der Waals surface area contributed by atoms with Gasteiger partial charge in [0.1, 0.15) is 11.2 Å². The Balaban J connectivity index is 2.14. The zero-order valence-electron chi connectivity index (χ0n) is 10.6. The maximum Gasteiger partial charge on any atom is 0.136 e. The number of hydrogen-bond acceptors (Lipinski definition) is 1. The fourth-order valence-electron chi connectivity index (χ4n) is 2.67. The number of halogens is 1. The van der Waals surface area contributed by atoms with Crippen molar-refractivity contribution in [3.63, 3.8) is 0 Å². The van der Waals surface area contributed by atoms with Gasteiger partial charge in [-0.25, -0.2) is 0 Å². The molecule has 0 saturated carbocycles. The summed E-state index contributed by atoms with van der Waals surface area (Å²) < 4.78 is 5.91. The minimum Gasteiger partial charge on any atom is -0.456 e. The maximum absolute atomic E-state index is 6.11. The topological polar surface area (TPSA) is 13.1 Å². The van der Waals surface area contributed by atoms with Gasteiger partial charge in [-0.1, -0.05) is 54.1 Å². The van der Waals surface area contributed by atoms with E-state index in [-0.39, 0.29) is 0 Å². The van der Waals surface area contributed by atoms with Gasteiger partial charge in [-0.15, -0.1) is 0 Å². The summed E-state index contributed by atoms with van der Waals surface area (Å²) >= 11 is 6.11. The number of fused-ring (bicyclic) bond motifs is 3. The number of rotatable bonds is 1. The van der Waals surface area contributed by atoms with Crippen LogP contribution in [0.15, 0.2) is 71.1 Å². The number of furan rings is 1. The quantitative estimate of drug-likeness (QED) is 0.422. The summed E-state index contributed by atoms with van der Waals surface area (Å²) in [5.41, 5.74) is 4.07. The lowest BCUT2D eigenvalue weighted by atomic mass is 10.00. The molecule has 0 N–H and O–H groups in total. The van der Waals surface area contributed by atoms with Gasteiger partial charge in [0.25, 0.3) is 0 Å². The smallest absolute Gasteiger partial charge is 0.136 e. The molecule has 96 valence electrons. The molecule has 3 aromatic carbocycles. The average Bonchev–Trinajstić information content (AvgIpc) is 2.85. The van der Waals surface area contributed by atoms with E-state index in [1.807, 2.05) is 48.5 Å². The first kappa shape index (κ1) is 11.6. The van der Waals surface area contributed by atoms with E-state index in [1.54, 1.807) is 0 Å². The third kappa shape index (κ3) is 1.71. The summed E-state index contributed by atoms with van der Waals surface area (Å²) in [6.07, 6.45) is 0. The predicted octanol–water partition coefficient (Wildman–Crippen LogP) is 5.91. The van der Waals surface area contributed by atoms with E-state index >= 15 is 0 Å². The van der Waals surface area contributed by atoms with E-state index in [4.69, 9.17) is 16.0 Å². The van der Waals surface area contributed by atoms with Gasteiger partial charge in [0.15, 0.2) is 0 Å². The predicted molar refractivity (Wildman–Crippen MR) is 84.2 cm³/mol. The summed E-state index contributed by atoms with van der Waals surface area (Å²) in [7, 11) is 0. The molecule has 0 aliphatic heterocycles. The van der Waals surface area contributed by atoms with Crippen LogP contribution in [-0.4, -0.2) is 0 Å². The van der Waals surface area contributed by atoms with E-state index < -0.39 is 0 Å². The molecule has 0 bridgehead atoms. The lowest BCUT2D eigenvalue weighted by molar-refractivity contribution is 0.669. The molecule has 1 aromatic heterocycles. The van der Waals surface area contributed by atoms with E-state index in [2.05, 4.69) is 18.2 Å². The Bertz CT molecular complexity index is 921. The van der Waals surface area contributed by atoms with Gasteiger partial charge in [-0.3, -0.25) is 0 Å². The van der Waals surface area contributed by atoms with Crippen molar-refractivity contribution in [2.45, 2.75) is 0 Å². The van der Waals surface area contributed by atoms with Crippen LogP contribution < -0.4 is 0 Å². The SMILES string of the molecule is Clc1cccc(-c2cccc3oc4ccccc4c23)c1. The van der Waals surface area contributed by atoms with Gasteiger partial charge < -0.3 is 4.42 Å². The van der Waals surface area contributed by atoms with Crippen molar-refractivity contribution in [1.82, 2.24) is 0 Å². The molecule has 0 amide bonds. The largest absolute Gasteiger partial charge is 0.456 e. The second-order valence-corrected chi connectivity index (χ2v) is 5.22. The second kappa shape index (κ2) is 4.39. The molecular formula is C18H11ClO. The lowest BCUT2D eigenvalue weighted by Crippen LogP contribution is -1.79. The summed E-state index contributed by atoms with van der Waals surface area (Å²) in [6.45, 7) is 0. The van der Waals surface area contributed by atoms with Crippen LogP contribution in [-0.2, 0) is 0 Å². The Kier molecular flexibility index (Phi) is 2.54. The third-order valence-electron chi connectivity index (χ3n) is 3.54. The molecule has 0 unspecified atom stereocenters. The summed E-state index contributed by atoms with van der Waals surface area (Å²) in [5.74, 6) is 0. The number of benzene rings is 3. The van der Waals surface area contributed by atoms with Crippen molar-refractivity contribution in [2.75, 3.05) is 0 Å². The fraction of sp³-hybridized carbons (Fsp3) is 0. The maximum atomic E-state index is 6.11. The van der Waals surface area contributed by atoms with E-state index in [0.717, 1.165) is 38.1 Å². The van der Waals surface area contributed by atoms with E-state index in [1.165, 1.54) is 0 Å². The van der Waals surface area contributed by atoms with Gasteiger partial charge in [-0.05, 0) is 35.4 Å². The summed E-state index contributed by atoms with van der Waals surface area (Å²) in [4.78, 5) is 0. The van der Waals surface area contributed by atoms with Crippen molar-refractivity contribution in [1.29, 1.82) is 0 Å². The Morgan fingerprint density at radius 3 is 2.45 bits per heavy atom. The molecular weight excluding hydrogens is 268 g/mol. The van der Waals surface area contributed by atoms with Crippen LogP contribution in [0.2, 0.25) is 5.02 Å². The molecule has 4 aromatic rings. The molecule has 4 rings (SSSR count). The fourth-order valence-corrected chi connectivity index (χ4v) is 2.86. The monoisotopic (exact) mass is 278 g/mol. The van der Waals surface area contributed by atoms with Crippen LogP contribution in [0.3, 0.4) is 0 Å². The second-order valence-electron chi connectivity index (χ2n) is 4.79. The Labute approximate surface area is 121 Å². The molecule has 20 heavy (non-hydrogen) atoms. The lowest BCUT2D eigenvalue weighted by Gasteiger charge is -2.04. The highest BCUT2D eigenvalue weighted by atomic mass is 35.5. The zero-order valence-corrected chi connectivity index (χ0v) is 11.4. The minimum absolute atomic E-state index is 0.743. The summed E-state index contributed by atoms with van der Waals surface area (Å²) in [6, 6.07) is 22.2. The molecule has 0 saturated heterocycles. The van der Waals surface area contributed by atoms with Crippen LogP contribution in [0.5, 0.6) is 0 Å². The first-order valence-electron chi connectivity index (χ1n) is 6.49. The highest BCUT2D eigenvalue weighted by molar-refractivity contribution is 6.31. The van der Waals surface area contributed by atoms with Gasteiger partial charge in [-0.2, -0.15) is 0 Å². The normalized spacial score (nSPS) is 11.2. The zero-order chi connectivity index (χ0) is 13.5. The van der Waals surface area contributed by atoms with Crippen LogP contribution in [0, 0.1) is 0 Å². The van der Waals surface area contributed by atoms with E-state index in [9.17, 15) is 0 Å². The first-order valence-corrected chi connectivity index (χ1v) is 6.87. The van der Waals surface area contributed by atoms with Gasteiger partial charge in [0, 0.05) is 15.8 Å². The summed E-state index contributed by atoms with van der Waals surface area (Å²) in [5, 5.41) is 3.02. The van der Waals surface area contributed by atoms with Crippen LogP contribution in [0.4, 0.5) is 0 Å². The molecule has 0 aliphatic carbocycles. The highest BCUT2D eigenvalue weighted by Gasteiger charge is 2.11. The molecule has 1 heterocycles. The standard InChI is InChI=1S/C18H11ClO/c19-13-6-3-5-12(11-13)14-8-4-10-17-18(14)15-7-1-2-9-16(15)20-17/h1-11H. The molecule has 2 heteroatoms. The van der Waals surface area contributed by atoms with Gasteiger partial charge in [0.05, 0.1) is 0 Å². The molecule has 1 nitrogen and oxygen atoms in total. The average molecular weight is 279 g/mol. The van der Waals surface area contributed by atoms with Crippen molar-refractivity contribution in [3.8, 4) is 11.1 Å². The Hall–Kier alpha value is -2.25. The third-order valence-corrected chi connectivity index (χ3v) is 3.77. The minimum atomic E-state index is 0.743. The number of hydrogen-bond donors (Lipinski definition) is 0. The van der Waals surface area contributed by atoms with Crippen LogP contribution in [0.1, 0.15) is 0 Å². The van der Waals surface area contributed by atoms with Gasteiger partial charge >= 0.3 is 0 Å². The molecule has 0 spiro atoms. The molecule has 0 fully saturated rings. The van der Waals surface area contributed by atoms with Crippen molar-refractivity contribution in [3.05, 3.63) is 71.8 Å². The Morgan fingerprint density at radius 2 is 1.55 bits per heavy atom. The first-order chi connectivity index (χ1) is 9.83. The van der Waals surface area contributed by atoms with Crippen LogP contribution >= 0.6 is 11.6 Å². The molecule has 0 aliphatic rings. The van der Waals surface area contributed by atoms with Crippen molar-refractivity contribution < 1.29 is 4.42 Å². The van der Waals surface area contributed by atoms with E-state index in [0.29, 0.717) is 0 Å². The molecule has 0 radical (unpaired) electrons. The van der Waals surface area contributed by atoms with Crippen LogP contribution in [0.25, 0.3) is 33.1 Å². The highest BCUT2D eigenvalue weighted by Crippen LogP contribution is 2.36. The van der Waals surface area contributed by atoms with Gasteiger partial charge in [0.2, 0.25) is 0 Å².